The van der Waals surface area contributed by atoms with Crippen LogP contribution in [-0.2, 0) is 0 Å². The van der Waals surface area contributed by atoms with E-state index in [-0.39, 0.29) is 6.61 Å². The van der Waals surface area contributed by atoms with Gasteiger partial charge >= 0.3 is 0 Å². The maximum Gasteiger partial charge on any atom is 0.0723 e. The highest BCUT2D eigenvalue weighted by molar-refractivity contribution is 5.87. The quantitative estimate of drug-likeness (QED) is 0.470. The van der Waals surface area contributed by atoms with E-state index in [0.29, 0.717) is 5.92 Å². The van der Waals surface area contributed by atoms with Crippen molar-refractivity contribution in [3.63, 3.8) is 0 Å². The lowest BCUT2D eigenvalue weighted by Gasteiger charge is -2.17. The summed E-state index contributed by atoms with van der Waals surface area (Å²) in [5.41, 5.74) is 0.847. The van der Waals surface area contributed by atoms with E-state index in [1.54, 1.807) is 0 Å². The zero-order valence-corrected chi connectivity index (χ0v) is 7.40. The molecule has 0 amide bonds. The van der Waals surface area contributed by atoms with Crippen LogP contribution < -0.4 is 0 Å². The number of rotatable bonds is 3. The molecule has 0 aromatic rings. The Morgan fingerprint density at radius 1 is 1.67 bits per heavy atom. The van der Waals surface area contributed by atoms with Gasteiger partial charge in [0.15, 0.2) is 0 Å². The molecule has 12 heavy (non-hydrogen) atoms. The molecule has 4 nitrogen and oxygen atoms in total. The maximum atomic E-state index is 8.81. The third-order valence-corrected chi connectivity index (χ3v) is 2.15. The Labute approximate surface area is 72.5 Å². The lowest BCUT2D eigenvalue weighted by atomic mass is 10.2. The second-order valence-corrected chi connectivity index (χ2v) is 3.44. The van der Waals surface area contributed by atoms with Crippen molar-refractivity contribution < 1.29 is 10.3 Å². The molecule has 1 aliphatic rings. The topological polar surface area (TPSA) is 56.1 Å². The normalized spacial score (nSPS) is 25.0. The molecule has 4 heteroatoms. The first kappa shape index (κ1) is 9.48. The van der Waals surface area contributed by atoms with Gasteiger partial charge in [0.25, 0.3) is 0 Å². The molecule has 1 fully saturated rings. The molecule has 0 spiro atoms. The standard InChI is InChI=1S/C8H16N2O2/c1-7(6-11)4-10-3-2-8(5-10)9-12/h7,11-12H,2-6H2,1H3/b9-8-. The van der Waals surface area contributed by atoms with Crippen LogP contribution in [0, 0.1) is 5.92 Å². The highest BCUT2D eigenvalue weighted by Gasteiger charge is 2.19. The molecule has 1 saturated heterocycles. The molecule has 70 valence electrons. The van der Waals surface area contributed by atoms with Gasteiger partial charge in [-0.15, -0.1) is 0 Å². The molecule has 0 aliphatic carbocycles. The largest absolute Gasteiger partial charge is 0.411 e. The summed E-state index contributed by atoms with van der Waals surface area (Å²) in [6.45, 7) is 4.82. The van der Waals surface area contributed by atoms with Gasteiger partial charge in [0.2, 0.25) is 0 Å². The van der Waals surface area contributed by atoms with E-state index in [0.717, 1.165) is 31.8 Å². The molecule has 1 unspecified atom stereocenters. The van der Waals surface area contributed by atoms with Gasteiger partial charge in [-0.3, -0.25) is 4.90 Å². The molecule has 0 radical (unpaired) electrons. The van der Waals surface area contributed by atoms with E-state index in [1.807, 2.05) is 6.92 Å². The molecule has 1 aliphatic heterocycles. The van der Waals surface area contributed by atoms with Gasteiger partial charge in [0, 0.05) is 32.7 Å². The van der Waals surface area contributed by atoms with Gasteiger partial charge in [-0.05, 0) is 5.92 Å². The number of oxime groups is 1. The van der Waals surface area contributed by atoms with Crippen molar-refractivity contribution in [2.45, 2.75) is 13.3 Å². The van der Waals surface area contributed by atoms with Gasteiger partial charge in [0.1, 0.15) is 0 Å². The van der Waals surface area contributed by atoms with E-state index < -0.39 is 0 Å². The summed E-state index contributed by atoms with van der Waals surface area (Å²) in [5.74, 6) is 0.308. The third-order valence-electron chi connectivity index (χ3n) is 2.15. The SMILES string of the molecule is CC(CO)CN1CC/C(=N/O)C1. The number of likely N-dealkylation sites (tertiary alicyclic amines) is 1. The van der Waals surface area contributed by atoms with Crippen LogP contribution in [0.1, 0.15) is 13.3 Å². The fourth-order valence-corrected chi connectivity index (χ4v) is 1.44. The Morgan fingerprint density at radius 3 is 2.92 bits per heavy atom. The highest BCUT2D eigenvalue weighted by Crippen LogP contribution is 2.08. The number of nitrogens with zero attached hydrogens (tertiary/aromatic N) is 2. The number of aliphatic hydroxyl groups is 1. The summed E-state index contributed by atoms with van der Waals surface area (Å²) in [7, 11) is 0. The second kappa shape index (κ2) is 4.42. The van der Waals surface area contributed by atoms with Gasteiger partial charge in [0.05, 0.1) is 5.71 Å². The minimum Gasteiger partial charge on any atom is -0.411 e. The second-order valence-electron chi connectivity index (χ2n) is 3.44. The van der Waals surface area contributed by atoms with E-state index in [1.165, 1.54) is 0 Å². The predicted molar refractivity (Wildman–Crippen MR) is 46.5 cm³/mol. The summed E-state index contributed by atoms with van der Waals surface area (Å²) in [4.78, 5) is 2.19. The van der Waals surface area contributed by atoms with Crippen LogP contribution in [0.5, 0.6) is 0 Å². The fourth-order valence-electron chi connectivity index (χ4n) is 1.44. The minimum absolute atomic E-state index is 0.224. The molecule has 0 aromatic carbocycles. The lowest BCUT2D eigenvalue weighted by molar-refractivity contribution is 0.193. The van der Waals surface area contributed by atoms with Crippen LogP contribution in [0.2, 0.25) is 0 Å². The first-order valence-corrected chi connectivity index (χ1v) is 4.29. The van der Waals surface area contributed by atoms with Crippen molar-refractivity contribution in [2.24, 2.45) is 11.1 Å². The van der Waals surface area contributed by atoms with Crippen molar-refractivity contribution >= 4 is 5.71 Å². The van der Waals surface area contributed by atoms with E-state index in [4.69, 9.17) is 10.3 Å². The van der Waals surface area contributed by atoms with Gasteiger partial charge in [-0.25, -0.2) is 0 Å². The predicted octanol–water partition coefficient (Wildman–Crippen LogP) is 0.151. The summed E-state index contributed by atoms with van der Waals surface area (Å²) in [5, 5.41) is 20.5. The van der Waals surface area contributed by atoms with Crippen LogP contribution in [0.15, 0.2) is 5.16 Å². The maximum absolute atomic E-state index is 8.81. The van der Waals surface area contributed by atoms with Crippen molar-refractivity contribution in [2.75, 3.05) is 26.2 Å². The van der Waals surface area contributed by atoms with Gasteiger partial charge in [-0.2, -0.15) is 0 Å². The van der Waals surface area contributed by atoms with Crippen LogP contribution in [0.3, 0.4) is 0 Å². The molecule has 1 rings (SSSR count). The molecular weight excluding hydrogens is 156 g/mol. The lowest BCUT2D eigenvalue weighted by Crippen LogP contribution is -2.27. The number of hydrogen-bond donors (Lipinski definition) is 2. The van der Waals surface area contributed by atoms with E-state index >= 15 is 0 Å². The van der Waals surface area contributed by atoms with E-state index in [9.17, 15) is 0 Å². The number of aliphatic hydroxyl groups excluding tert-OH is 1. The van der Waals surface area contributed by atoms with Crippen LogP contribution >= 0.6 is 0 Å². The van der Waals surface area contributed by atoms with Gasteiger partial charge < -0.3 is 10.3 Å². The Balaban J connectivity index is 2.28. The molecule has 0 saturated carbocycles. The molecule has 1 atom stereocenters. The van der Waals surface area contributed by atoms with Crippen molar-refractivity contribution in [3.8, 4) is 0 Å². The van der Waals surface area contributed by atoms with Crippen LogP contribution in [0.25, 0.3) is 0 Å². The third kappa shape index (κ3) is 2.46. The summed E-state index contributed by atoms with van der Waals surface area (Å²) < 4.78 is 0. The van der Waals surface area contributed by atoms with E-state index in [2.05, 4.69) is 10.1 Å². The summed E-state index contributed by atoms with van der Waals surface area (Å²) >= 11 is 0. The average Bonchev–Trinajstić information content (AvgIpc) is 2.52. The van der Waals surface area contributed by atoms with Gasteiger partial charge in [-0.1, -0.05) is 12.1 Å². The van der Waals surface area contributed by atoms with Crippen molar-refractivity contribution in [1.82, 2.24) is 4.90 Å². The molecule has 1 heterocycles. The molecule has 0 bridgehead atoms. The average molecular weight is 172 g/mol. The Morgan fingerprint density at radius 2 is 2.42 bits per heavy atom. The minimum atomic E-state index is 0.224. The monoisotopic (exact) mass is 172 g/mol. The Kier molecular flexibility index (Phi) is 3.49. The van der Waals surface area contributed by atoms with Crippen molar-refractivity contribution in [1.29, 1.82) is 0 Å². The molecule has 0 aromatic heterocycles. The van der Waals surface area contributed by atoms with Crippen molar-refractivity contribution in [3.05, 3.63) is 0 Å². The smallest absolute Gasteiger partial charge is 0.0723 e. The molecule has 2 N–H and O–H groups in total. The Bertz CT molecular complexity index is 170. The zero-order valence-electron chi connectivity index (χ0n) is 7.40. The first-order chi connectivity index (χ1) is 5.76. The van der Waals surface area contributed by atoms with Crippen LogP contribution in [-0.4, -0.2) is 47.2 Å². The first-order valence-electron chi connectivity index (χ1n) is 4.29. The van der Waals surface area contributed by atoms with Crippen LogP contribution in [0.4, 0.5) is 0 Å². The Hall–Kier alpha value is -0.610. The highest BCUT2D eigenvalue weighted by atomic mass is 16.4. The molecular formula is C8H16N2O2. The summed E-state index contributed by atoms with van der Waals surface area (Å²) in [6, 6.07) is 0. The number of hydrogen-bond acceptors (Lipinski definition) is 4. The fraction of sp³-hybridized carbons (Fsp3) is 0.875. The summed E-state index contributed by atoms with van der Waals surface area (Å²) in [6.07, 6.45) is 0.856. The zero-order chi connectivity index (χ0) is 8.97.